The van der Waals surface area contributed by atoms with Crippen molar-refractivity contribution in [3.05, 3.63) is 84.1 Å². The SMILES string of the molecule is CCCCCOc1ccc(-c2cn3nc(-c4ccc(C(=O)NC5CC(O)CNC(=O)C6C(O)C(C)CN6C(=O)C(C(O)CC(N)=O)NC(=O)C(C(O)C(O)c6ccc(O)c(OSOOO)c6)NC(=O)C6CC(O)CN6C(=O)C(C(C)O)NC5=O)cc4)sc3n2)cc1. The van der Waals surface area contributed by atoms with Gasteiger partial charge in [-0.3, -0.25) is 38.4 Å². The van der Waals surface area contributed by atoms with E-state index < -0.39 is 183 Å². The number of primary amides is 1. The molecule has 0 radical (unpaired) electrons. The van der Waals surface area contributed by atoms with Crippen molar-refractivity contribution in [1.82, 2.24) is 51.0 Å². The summed E-state index contributed by atoms with van der Waals surface area (Å²) in [6.45, 7) is 3.43. The van der Waals surface area contributed by atoms with Gasteiger partial charge in [-0.15, -0.1) is 0 Å². The second-order valence-electron chi connectivity index (χ2n) is 22.3. The van der Waals surface area contributed by atoms with Crippen LogP contribution in [0.4, 0.5) is 0 Å². The van der Waals surface area contributed by atoms with E-state index >= 15 is 0 Å². The number of phenols is 1. The lowest BCUT2D eigenvalue weighted by Gasteiger charge is -2.34. The normalized spacial score (nSPS) is 25.2. The Morgan fingerprint density at radius 3 is 2.18 bits per heavy atom. The number of rotatable bonds is 20. The number of fused-ring (bicyclic) bond motifs is 3. The molecule has 34 heteroatoms. The van der Waals surface area contributed by atoms with E-state index in [0.29, 0.717) is 27.8 Å². The zero-order chi connectivity index (χ0) is 66.0. The van der Waals surface area contributed by atoms with E-state index in [9.17, 15) is 79.2 Å². The van der Waals surface area contributed by atoms with Gasteiger partial charge in [0.25, 0.3) is 18.2 Å². The highest BCUT2D eigenvalue weighted by molar-refractivity contribution is 7.90. The van der Waals surface area contributed by atoms with Gasteiger partial charge in [-0.25, -0.2) is 14.8 Å². The molecule has 0 spiro atoms. The molecule has 0 bridgehead atoms. The maximum absolute atomic E-state index is 14.7. The molecule has 91 heavy (non-hydrogen) atoms. The number of nitrogens with one attached hydrogen (secondary N) is 5. The van der Waals surface area contributed by atoms with Gasteiger partial charge in [0.2, 0.25) is 46.3 Å². The molecule has 8 amide bonds. The van der Waals surface area contributed by atoms with Gasteiger partial charge < -0.3 is 91.9 Å². The van der Waals surface area contributed by atoms with Crippen LogP contribution in [0.3, 0.4) is 0 Å². The molecule has 0 saturated carbocycles. The number of aromatic hydroxyl groups is 1. The smallest absolute Gasteiger partial charge is 0.261 e. The van der Waals surface area contributed by atoms with Gasteiger partial charge in [0.15, 0.2) is 11.5 Å². The van der Waals surface area contributed by atoms with Crippen LogP contribution in [0.25, 0.3) is 26.8 Å². The summed E-state index contributed by atoms with van der Waals surface area (Å²) < 4.78 is 16.7. The van der Waals surface area contributed by atoms with Crippen molar-refractivity contribution in [2.24, 2.45) is 11.7 Å². The molecule has 0 aliphatic carbocycles. The lowest BCUT2D eigenvalue weighted by atomic mass is 9.96. The van der Waals surface area contributed by atoms with Crippen molar-refractivity contribution in [1.29, 1.82) is 0 Å². The topological polar surface area (TPSA) is 478 Å². The summed E-state index contributed by atoms with van der Waals surface area (Å²) in [5, 5.41) is 119. The number of nitrogens with two attached hydrogens (primary N) is 1. The predicted octanol–water partition coefficient (Wildman–Crippen LogP) is -1.92. The number of aromatic nitrogens is 3. The average Bonchev–Trinajstić information content (AvgIpc) is 2.09. The number of carbonyl (C=O) groups is 8. The summed E-state index contributed by atoms with van der Waals surface area (Å²) >= 11 is 1.25. The van der Waals surface area contributed by atoms with E-state index in [1.54, 1.807) is 22.8 Å². The highest BCUT2D eigenvalue weighted by Crippen LogP contribution is 2.35. The van der Waals surface area contributed by atoms with E-state index in [0.717, 1.165) is 65.5 Å². The van der Waals surface area contributed by atoms with E-state index in [4.69, 9.17) is 24.9 Å². The van der Waals surface area contributed by atoms with Gasteiger partial charge in [-0.05, 0) is 67.4 Å². The predicted molar refractivity (Wildman–Crippen MR) is 318 cm³/mol. The molecule has 3 aliphatic heterocycles. The maximum atomic E-state index is 14.7. The minimum atomic E-state index is -2.53. The van der Waals surface area contributed by atoms with Gasteiger partial charge in [-0.1, -0.05) is 65.6 Å². The number of aliphatic hydroxyl groups excluding tert-OH is 7. The van der Waals surface area contributed by atoms with Crippen molar-refractivity contribution in [2.75, 3.05) is 26.2 Å². The average molecular weight is 1310 g/mol. The van der Waals surface area contributed by atoms with Crippen LogP contribution < -0.4 is 41.2 Å². The maximum Gasteiger partial charge on any atom is 0.261 e. The van der Waals surface area contributed by atoms with Crippen LogP contribution in [0, 0.1) is 5.92 Å². The lowest BCUT2D eigenvalue weighted by molar-refractivity contribution is -0.433. The molecule has 3 aliphatic rings. The number of benzene rings is 3. The molecule has 14 atom stereocenters. The largest absolute Gasteiger partial charge is 0.504 e. The number of amides is 8. The number of nitrogens with zero attached hydrogens (tertiary/aromatic N) is 5. The highest BCUT2D eigenvalue weighted by Gasteiger charge is 2.50. The Morgan fingerprint density at radius 1 is 0.824 bits per heavy atom. The number of phenolic OH excluding ortho intramolecular Hbond substituents is 1. The minimum Gasteiger partial charge on any atom is -0.504 e. The Kier molecular flexibility index (Phi) is 23.3. The minimum absolute atomic E-state index is 0.00995. The van der Waals surface area contributed by atoms with Crippen molar-refractivity contribution < 1.29 is 103 Å². The fourth-order valence-corrected chi connectivity index (χ4v) is 11.8. The molecule has 5 heterocycles. The molecule has 2 aromatic heterocycles. The van der Waals surface area contributed by atoms with Crippen molar-refractivity contribution in [3.8, 4) is 39.1 Å². The summed E-state index contributed by atoms with van der Waals surface area (Å²) in [6, 6.07) is 4.23. The van der Waals surface area contributed by atoms with E-state index in [-0.39, 0.29) is 23.5 Å². The summed E-state index contributed by atoms with van der Waals surface area (Å²) in [7, 11) is 0. The Morgan fingerprint density at radius 2 is 1.51 bits per heavy atom. The molecule has 8 rings (SSSR count). The monoisotopic (exact) mass is 1310 g/mol. The van der Waals surface area contributed by atoms with Crippen LogP contribution in [-0.2, 0) is 42.9 Å². The Bertz CT molecular complexity index is 3380. The van der Waals surface area contributed by atoms with Crippen LogP contribution in [0.5, 0.6) is 17.2 Å². The first kappa shape index (κ1) is 68.8. The first-order valence-electron chi connectivity index (χ1n) is 28.9. The van der Waals surface area contributed by atoms with Crippen LogP contribution >= 0.6 is 23.7 Å². The Hall–Kier alpha value is -8.13. The van der Waals surface area contributed by atoms with E-state index in [1.165, 1.54) is 30.4 Å². The van der Waals surface area contributed by atoms with Crippen LogP contribution in [0.15, 0.2) is 72.9 Å². The first-order chi connectivity index (χ1) is 43.4. The third-order valence-electron chi connectivity index (χ3n) is 15.5. The van der Waals surface area contributed by atoms with Gasteiger partial charge >= 0.3 is 0 Å². The summed E-state index contributed by atoms with van der Waals surface area (Å²) in [6.07, 6.45) is -11.3. The quantitative estimate of drug-likeness (QED) is 0.0175. The van der Waals surface area contributed by atoms with Crippen LogP contribution in [-0.4, -0.2) is 217 Å². The standard InChI is InChI=1S/C57H71N11O21S2/c1-4-5-6-17-86-34-14-11-28(12-15-34)36-25-68-57(61-36)90-54(65-68)30-9-7-29(8-10-30)49(78)60-35-19-32(70)22-59-53(82)45-46(75)26(2)23-67(45)56(84)43(39(73)21-41(58)74)63-52(81)44(48(77)47(76)31-13-16-38(72)40(18-31)87-91-89-88-85)64-51(80)37-20-33(71)24-66(37)55(83)42(27(3)69)62-50(35)79/h7-16,18,25-27,32-33,35,37,39,42-48,69-73,75-77,85H,4-6,17,19-24H2,1-3H3,(H2,58,74)(H,59,82)(H,60,78)(H,62,79)(H,63,81)(H,64,80). The Labute approximate surface area is 526 Å². The molecule has 3 saturated heterocycles. The second kappa shape index (κ2) is 30.8. The highest BCUT2D eigenvalue weighted by atomic mass is 32.2. The molecule has 3 aromatic carbocycles. The molecular weight excluding hydrogens is 1240 g/mol. The third kappa shape index (κ3) is 16.7. The van der Waals surface area contributed by atoms with Gasteiger partial charge in [-0.2, -0.15) is 5.10 Å². The number of hydrogen-bond donors (Lipinski definition) is 15. The fourth-order valence-electron chi connectivity index (χ4n) is 10.7. The molecule has 3 fully saturated rings. The van der Waals surface area contributed by atoms with Gasteiger partial charge in [0.05, 0.1) is 55.4 Å². The summed E-state index contributed by atoms with van der Waals surface area (Å²) in [4.78, 5) is 120. The molecule has 492 valence electrons. The zero-order valence-corrected chi connectivity index (χ0v) is 50.8. The number of carbonyl (C=O) groups excluding carboxylic acids is 8. The van der Waals surface area contributed by atoms with Crippen LogP contribution in [0.2, 0.25) is 0 Å². The molecule has 14 unspecified atom stereocenters. The zero-order valence-electron chi connectivity index (χ0n) is 49.1. The number of ether oxygens (including phenoxy) is 1. The number of imidazole rings is 1. The number of aliphatic hydroxyl groups is 7. The third-order valence-corrected chi connectivity index (χ3v) is 16.9. The second-order valence-corrected chi connectivity index (χ2v) is 23.7. The molecular formula is C57H71N11O21S2. The molecule has 5 aromatic rings. The summed E-state index contributed by atoms with van der Waals surface area (Å²) in [5.74, 6) is -11.2. The lowest BCUT2D eigenvalue weighted by Crippen LogP contribution is -2.64. The van der Waals surface area contributed by atoms with Crippen LogP contribution in [0.1, 0.15) is 81.3 Å². The van der Waals surface area contributed by atoms with Gasteiger partial charge in [0, 0.05) is 55.1 Å². The Balaban J connectivity index is 1.08. The number of hydrogen-bond acceptors (Lipinski definition) is 25. The number of unbranched alkanes of at least 4 members (excludes halogenated alkanes) is 2. The molecule has 32 nitrogen and oxygen atoms in total. The summed E-state index contributed by atoms with van der Waals surface area (Å²) in [5.41, 5.74) is 7.14. The van der Waals surface area contributed by atoms with E-state index in [2.05, 4.69) is 48.0 Å². The van der Waals surface area contributed by atoms with Crippen molar-refractivity contribution in [2.45, 2.75) is 138 Å². The molecule has 16 N–H and O–H groups in total. The number of β-amino-alcohol motifs (C(OH)–C–C–N with tert-alkyl or cyclic N) is 1. The first-order valence-corrected chi connectivity index (χ1v) is 30.4. The van der Waals surface area contributed by atoms with Gasteiger partial charge in [0.1, 0.15) is 59.2 Å². The van der Waals surface area contributed by atoms with E-state index in [1.807, 2.05) is 24.3 Å². The van der Waals surface area contributed by atoms with Crippen molar-refractivity contribution in [3.63, 3.8) is 0 Å². The fraction of sp³-hybridized carbons (Fsp3) is 0.474. The van der Waals surface area contributed by atoms with Crippen molar-refractivity contribution >= 4 is 75.9 Å².